The van der Waals surface area contributed by atoms with Crippen LogP contribution in [0, 0.1) is 0 Å². The Hall–Kier alpha value is -1.55. The quantitative estimate of drug-likeness (QED) is 0.795. The lowest BCUT2D eigenvalue weighted by molar-refractivity contribution is -0.139. The summed E-state index contributed by atoms with van der Waals surface area (Å²) in [6.07, 6.45) is 0.0266. The molecule has 1 aromatic rings. The van der Waals surface area contributed by atoms with Gasteiger partial charge in [0.25, 0.3) is 0 Å². The first kappa shape index (κ1) is 15.5. The molecule has 2 atom stereocenters. The van der Waals surface area contributed by atoms with Crippen LogP contribution in [-0.2, 0) is 4.79 Å². The van der Waals surface area contributed by atoms with E-state index in [2.05, 4.69) is 26.0 Å². The number of likely N-dealkylation sites (N-methyl/N-ethyl adjacent to an activating group) is 1. The number of rotatable bonds is 7. The minimum Gasteiger partial charge on any atom is -0.481 e. The molecular weight excluding hydrogens is 242 g/mol. The summed E-state index contributed by atoms with van der Waals surface area (Å²) < 4.78 is 0. The molecule has 0 saturated heterocycles. The first-order chi connectivity index (χ1) is 8.93. The minimum absolute atomic E-state index is 0.227. The first-order valence-electron chi connectivity index (χ1n) is 6.65. The average Bonchev–Trinajstić information content (AvgIpc) is 2.36. The fraction of sp³-hybridized carbons (Fsp3) is 0.533. The van der Waals surface area contributed by atoms with Gasteiger partial charge in [-0.15, -0.1) is 0 Å². The monoisotopic (exact) mass is 265 g/mol. The van der Waals surface area contributed by atoms with Gasteiger partial charge in [-0.1, -0.05) is 26.0 Å². The number of hydrogen-bond donors (Lipinski definition) is 2. The Kier molecular flexibility index (Phi) is 5.83. The van der Waals surface area contributed by atoms with Crippen LogP contribution in [0.4, 0.5) is 5.69 Å². The molecule has 1 aromatic carbocycles. The van der Waals surface area contributed by atoms with Gasteiger partial charge in [0.2, 0.25) is 0 Å². The van der Waals surface area contributed by atoms with Crippen LogP contribution in [0.5, 0.6) is 0 Å². The van der Waals surface area contributed by atoms with Gasteiger partial charge in [0.15, 0.2) is 0 Å². The number of nitrogens with zero attached hydrogens (tertiary/aromatic N) is 1. The molecule has 0 aliphatic heterocycles. The van der Waals surface area contributed by atoms with Crippen LogP contribution in [0.3, 0.4) is 0 Å². The third kappa shape index (κ3) is 4.91. The van der Waals surface area contributed by atoms with Crippen molar-refractivity contribution < 1.29 is 15.0 Å². The topological polar surface area (TPSA) is 60.8 Å². The number of carboxylic acid groups (broad SMARTS) is 1. The van der Waals surface area contributed by atoms with Gasteiger partial charge in [-0.3, -0.25) is 4.79 Å². The number of carbonyl (C=O) groups is 1. The molecule has 2 N–H and O–H groups in total. The Morgan fingerprint density at radius 2 is 1.89 bits per heavy atom. The van der Waals surface area contributed by atoms with Gasteiger partial charge in [0.05, 0.1) is 12.5 Å². The van der Waals surface area contributed by atoms with Crippen LogP contribution in [-0.4, -0.2) is 35.9 Å². The molecule has 0 fully saturated rings. The normalized spacial score (nSPS) is 13.9. The molecule has 4 nitrogen and oxygen atoms in total. The van der Waals surface area contributed by atoms with Gasteiger partial charge in [0.1, 0.15) is 0 Å². The molecule has 0 radical (unpaired) electrons. The molecule has 0 saturated carbocycles. The summed E-state index contributed by atoms with van der Waals surface area (Å²) in [4.78, 5) is 12.4. The lowest BCUT2D eigenvalue weighted by atomic mass is 9.98. The van der Waals surface area contributed by atoms with Gasteiger partial charge in [-0.05, 0) is 30.0 Å². The van der Waals surface area contributed by atoms with E-state index in [-0.39, 0.29) is 6.42 Å². The molecule has 0 spiro atoms. The van der Waals surface area contributed by atoms with E-state index in [0.717, 1.165) is 12.1 Å². The van der Waals surface area contributed by atoms with Crippen molar-refractivity contribution in [2.75, 3.05) is 18.5 Å². The maximum absolute atomic E-state index is 10.5. The SMILES string of the molecule is CCC(C)c1ccc(N(C)CC(O)CC(=O)O)cc1. The van der Waals surface area contributed by atoms with Crippen LogP contribution in [0.2, 0.25) is 0 Å². The number of benzene rings is 1. The molecule has 4 heteroatoms. The number of aliphatic hydroxyl groups excluding tert-OH is 1. The molecule has 0 amide bonds. The zero-order valence-electron chi connectivity index (χ0n) is 11.8. The Morgan fingerprint density at radius 3 is 2.37 bits per heavy atom. The van der Waals surface area contributed by atoms with Gasteiger partial charge < -0.3 is 15.1 Å². The van der Waals surface area contributed by atoms with E-state index in [0.29, 0.717) is 12.5 Å². The highest BCUT2D eigenvalue weighted by atomic mass is 16.4. The summed E-state index contributed by atoms with van der Waals surface area (Å²) in [7, 11) is 1.85. The summed E-state index contributed by atoms with van der Waals surface area (Å²) in [5.41, 5.74) is 2.28. The Labute approximate surface area is 114 Å². The van der Waals surface area contributed by atoms with Crippen LogP contribution >= 0.6 is 0 Å². The van der Waals surface area contributed by atoms with E-state index in [1.807, 2.05) is 24.1 Å². The third-order valence-electron chi connectivity index (χ3n) is 3.41. The highest BCUT2D eigenvalue weighted by Crippen LogP contribution is 2.22. The lowest BCUT2D eigenvalue weighted by Gasteiger charge is -2.22. The van der Waals surface area contributed by atoms with Crippen molar-refractivity contribution in [1.29, 1.82) is 0 Å². The summed E-state index contributed by atoms with van der Waals surface area (Å²) in [6.45, 7) is 4.66. The Morgan fingerprint density at radius 1 is 1.32 bits per heavy atom. The number of aliphatic carboxylic acids is 1. The molecule has 0 heterocycles. The molecule has 19 heavy (non-hydrogen) atoms. The maximum atomic E-state index is 10.5. The summed E-state index contributed by atoms with van der Waals surface area (Å²) >= 11 is 0. The summed E-state index contributed by atoms with van der Waals surface area (Å²) in [6, 6.07) is 8.19. The first-order valence-corrected chi connectivity index (χ1v) is 6.65. The molecule has 0 aliphatic rings. The van der Waals surface area contributed by atoms with Crippen molar-refractivity contribution in [2.45, 2.75) is 38.7 Å². The van der Waals surface area contributed by atoms with E-state index in [9.17, 15) is 9.90 Å². The second-order valence-electron chi connectivity index (χ2n) is 5.03. The molecule has 106 valence electrons. The Balaban J connectivity index is 2.62. The predicted octanol–water partition coefficient (Wildman–Crippen LogP) is 2.47. The lowest BCUT2D eigenvalue weighted by Crippen LogP contribution is -2.30. The molecule has 0 aliphatic carbocycles. The van der Waals surface area contributed by atoms with Gasteiger partial charge in [-0.2, -0.15) is 0 Å². The van der Waals surface area contributed by atoms with Crippen molar-refractivity contribution in [2.24, 2.45) is 0 Å². The van der Waals surface area contributed by atoms with Crippen LogP contribution in [0.25, 0.3) is 0 Å². The predicted molar refractivity (Wildman–Crippen MR) is 76.7 cm³/mol. The minimum atomic E-state index is -0.979. The van der Waals surface area contributed by atoms with Crippen LogP contribution in [0.15, 0.2) is 24.3 Å². The molecular formula is C15H23NO3. The summed E-state index contributed by atoms with van der Waals surface area (Å²) in [5, 5.41) is 18.2. The van der Waals surface area contributed by atoms with E-state index >= 15 is 0 Å². The zero-order chi connectivity index (χ0) is 14.4. The molecule has 2 unspecified atom stereocenters. The van der Waals surface area contributed by atoms with Crippen molar-refractivity contribution in [3.05, 3.63) is 29.8 Å². The van der Waals surface area contributed by atoms with E-state index in [1.165, 1.54) is 5.56 Å². The zero-order valence-corrected chi connectivity index (χ0v) is 11.8. The van der Waals surface area contributed by atoms with Gasteiger partial charge in [-0.25, -0.2) is 0 Å². The summed E-state index contributed by atoms with van der Waals surface area (Å²) in [5.74, 6) is -0.440. The standard InChI is InChI=1S/C15H23NO3/c1-4-11(2)12-5-7-13(8-6-12)16(3)10-14(17)9-15(18)19/h5-8,11,14,17H,4,9-10H2,1-3H3,(H,18,19). The largest absolute Gasteiger partial charge is 0.481 e. The second-order valence-corrected chi connectivity index (χ2v) is 5.03. The van der Waals surface area contributed by atoms with E-state index < -0.39 is 12.1 Å². The highest BCUT2D eigenvalue weighted by Gasteiger charge is 2.13. The number of aliphatic hydroxyl groups is 1. The van der Waals surface area contributed by atoms with E-state index in [1.54, 1.807) is 0 Å². The number of hydrogen-bond acceptors (Lipinski definition) is 3. The third-order valence-corrected chi connectivity index (χ3v) is 3.41. The van der Waals surface area contributed by atoms with Crippen LogP contribution in [0.1, 0.15) is 38.2 Å². The molecule has 0 aromatic heterocycles. The maximum Gasteiger partial charge on any atom is 0.306 e. The molecule has 0 bridgehead atoms. The fourth-order valence-corrected chi connectivity index (χ4v) is 1.98. The number of anilines is 1. The van der Waals surface area contributed by atoms with E-state index in [4.69, 9.17) is 5.11 Å². The second kappa shape index (κ2) is 7.14. The van der Waals surface area contributed by atoms with Crippen molar-refractivity contribution in [3.8, 4) is 0 Å². The smallest absolute Gasteiger partial charge is 0.306 e. The van der Waals surface area contributed by atoms with Gasteiger partial charge >= 0.3 is 5.97 Å². The van der Waals surface area contributed by atoms with Crippen LogP contribution < -0.4 is 4.90 Å². The Bertz CT molecular complexity index is 402. The van der Waals surface area contributed by atoms with Crippen molar-refractivity contribution in [1.82, 2.24) is 0 Å². The number of carboxylic acids is 1. The van der Waals surface area contributed by atoms with Crippen molar-refractivity contribution >= 4 is 11.7 Å². The van der Waals surface area contributed by atoms with Gasteiger partial charge in [0, 0.05) is 19.3 Å². The highest BCUT2D eigenvalue weighted by molar-refractivity contribution is 5.67. The fourth-order valence-electron chi connectivity index (χ4n) is 1.98. The van der Waals surface area contributed by atoms with Crippen molar-refractivity contribution in [3.63, 3.8) is 0 Å². The average molecular weight is 265 g/mol. The molecule has 1 rings (SSSR count).